The maximum atomic E-state index is 12.7. The van der Waals surface area contributed by atoms with Gasteiger partial charge in [-0.2, -0.15) is 0 Å². The second-order valence-corrected chi connectivity index (χ2v) is 8.04. The van der Waals surface area contributed by atoms with Crippen LogP contribution in [0.3, 0.4) is 0 Å². The third-order valence-corrected chi connectivity index (χ3v) is 6.72. The van der Waals surface area contributed by atoms with E-state index in [1.54, 1.807) is 16.7 Å². The van der Waals surface area contributed by atoms with Gasteiger partial charge < -0.3 is 9.80 Å². The third-order valence-electron chi connectivity index (χ3n) is 5.16. The number of fused-ring (bicyclic) bond motifs is 3. The van der Waals surface area contributed by atoms with Crippen molar-refractivity contribution < 1.29 is 4.79 Å². The van der Waals surface area contributed by atoms with E-state index in [1.165, 1.54) is 21.4 Å². The molecule has 0 aromatic heterocycles. The molecule has 2 aliphatic rings. The molecule has 0 atom stereocenters. The fraction of sp³-hybridized carbons (Fsp3) is 0.273. The van der Waals surface area contributed by atoms with E-state index in [-0.39, 0.29) is 5.91 Å². The smallest absolute Gasteiger partial charge is 0.276 e. The van der Waals surface area contributed by atoms with Gasteiger partial charge >= 0.3 is 0 Å². The molecule has 0 spiro atoms. The van der Waals surface area contributed by atoms with Crippen LogP contribution in [0.5, 0.6) is 0 Å². The molecule has 0 radical (unpaired) electrons. The van der Waals surface area contributed by atoms with Crippen LogP contribution in [0, 0.1) is 0 Å². The van der Waals surface area contributed by atoms with E-state index in [1.807, 2.05) is 24.8 Å². The molecule has 28 heavy (non-hydrogen) atoms. The zero-order chi connectivity index (χ0) is 19.8. The highest BCUT2D eigenvalue weighted by molar-refractivity contribution is 8.03. The van der Waals surface area contributed by atoms with Crippen LogP contribution in [0.4, 0.5) is 5.69 Å². The number of benzene rings is 2. The molecule has 2 aromatic carbocycles. The van der Waals surface area contributed by atoms with Crippen LogP contribution in [0.25, 0.3) is 10.8 Å². The Morgan fingerprint density at radius 1 is 0.929 bits per heavy atom. The van der Waals surface area contributed by atoms with Crippen LogP contribution in [-0.4, -0.2) is 40.5 Å². The number of hydrogen-bond acceptors (Lipinski definition) is 4. The molecule has 1 fully saturated rings. The van der Waals surface area contributed by atoms with Crippen LogP contribution < -0.4 is 4.90 Å². The normalized spacial score (nSPS) is 19.6. The van der Waals surface area contributed by atoms with Gasteiger partial charge in [0, 0.05) is 29.9 Å². The number of thioether (sulfide) groups is 1. The van der Waals surface area contributed by atoms with Crippen molar-refractivity contribution in [3.8, 4) is 0 Å². The second kappa shape index (κ2) is 7.60. The van der Waals surface area contributed by atoms with Crippen molar-refractivity contribution in [2.24, 2.45) is 0 Å². The first kappa shape index (κ1) is 19.0. The Bertz CT molecular complexity index is 1030. The number of carbonyl (C=O) groups is 1. The Morgan fingerprint density at radius 3 is 2.36 bits per heavy atom. The number of likely N-dealkylation sites (N-methyl/N-ethyl adjacent to an activating group) is 2. The summed E-state index contributed by atoms with van der Waals surface area (Å²) < 4.78 is 0. The van der Waals surface area contributed by atoms with Gasteiger partial charge in [0.2, 0.25) is 0 Å². The predicted molar refractivity (Wildman–Crippen MR) is 121 cm³/mol. The summed E-state index contributed by atoms with van der Waals surface area (Å²) in [7, 11) is 0. The van der Waals surface area contributed by atoms with Crippen LogP contribution in [0.15, 0.2) is 64.2 Å². The zero-order valence-electron chi connectivity index (χ0n) is 16.3. The first-order chi connectivity index (χ1) is 13.6. The van der Waals surface area contributed by atoms with Gasteiger partial charge in [0.25, 0.3) is 5.91 Å². The summed E-state index contributed by atoms with van der Waals surface area (Å²) in [6.45, 7) is 8.28. The number of nitrogens with zero attached hydrogens (tertiary/aromatic N) is 3. The molecule has 2 heterocycles. The Kier molecular flexibility index (Phi) is 5.17. The van der Waals surface area contributed by atoms with E-state index in [9.17, 15) is 4.79 Å². The summed E-state index contributed by atoms with van der Waals surface area (Å²) in [4.78, 5) is 19.9. The molecule has 0 saturated carbocycles. The number of hydrogen-bond donors (Lipinski definition) is 0. The Morgan fingerprint density at radius 2 is 1.64 bits per heavy atom. The van der Waals surface area contributed by atoms with Gasteiger partial charge in [-0.1, -0.05) is 42.1 Å². The van der Waals surface area contributed by atoms with E-state index in [0.717, 1.165) is 11.6 Å². The van der Waals surface area contributed by atoms with Crippen molar-refractivity contribution in [1.29, 1.82) is 0 Å². The number of allylic oxidation sites excluding steroid dienone is 2. The van der Waals surface area contributed by atoms with Crippen LogP contribution in [0.1, 0.15) is 20.8 Å². The highest BCUT2D eigenvalue weighted by atomic mass is 32.2. The number of amides is 1. The highest BCUT2D eigenvalue weighted by Gasteiger charge is 2.35. The standard InChI is InChI=1S/C22H23N3OS2/c1-4-23-17(21(26)25(6-3)22(23)27)12-14-19-24(5-2)20-16-10-8-7-9-15(16)11-13-18(20)28-19/h7-14H,4-6H2,1-3H3/b17-12-,19-14-. The van der Waals surface area contributed by atoms with Crippen molar-refractivity contribution in [3.63, 3.8) is 0 Å². The quantitative estimate of drug-likeness (QED) is 0.525. The lowest BCUT2D eigenvalue weighted by molar-refractivity contribution is -0.122. The molecular formula is C22H23N3OS2. The van der Waals surface area contributed by atoms with E-state index in [4.69, 9.17) is 12.2 Å². The number of rotatable bonds is 4. The van der Waals surface area contributed by atoms with Gasteiger partial charge in [0.1, 0.15) is 5.70 Å². The average molecular weight is 410 g/mol. The fourth-order valence-electron chi connectivity index (χ4n) is 3.80. The van der Waals surface area contributed by atoms with Crippen molar-refractivity contribution in [1.82, 2.24) is 9.80 Å². The Labute approximate surface area is 175 Å². The van der Waals surface area contributed by atoms with Crippen LogP contribution in [0.2, 0.25) is 0 Å². The Hall–Kier alpha value is -2.31. The predicted octanol–water partition coefficient (Wildman–Crippen LogP) is 4.97. The first-order valence-corrected chi connectivity index (χ1v) is 10.9. The molecule has 2 aliphatic heterocycles. The Balaban J connectivity index is 1.74. The maximum absolute atomic E-state index is 12.7. The SMILES string of the molecule is CCN1C(=O)/C(=C/C=C2\Sc3ccc4ccccc4c3N2CC)N(CC)C1=S. The molecular weight excluding hydrogens is 386 g/mol. The lowest BCUT2D eigenvalue weighted by Crippen LogP contribution is -2.32. The van der Waals surface area contributed by atoms with Gasteiger partial charge in [-0.05, 0) is 56.6 Å². The summed E-state index contributed by atoms with van der Waals surface area (Å²) in [5.41, 5.74) is 1.91. The van der Waals surface area contributed by atoms with Gasteiger partial charge in [-0.3, -0.25) is 9.69 Å². The third kappa shape index (κ3) is 2.91. The van der Waals surface area contributed by atoms with Gasteiger partial charge in [-0.15, -0.1) is 0 Å². The van der Waals surface area contributed by atoms with Gasteiger partial charge in [-0.25, -0.2) is 0 Å². The molecule has 0 aliphatic carbocycles. The molecule has 1 saturated heterocycles. The maximum Gasteiger partial charge on any atom is 0.276 e. The van der Waals surface area contributed by atoms with Crippen LogP contribution in [-0.2, 0) is 4.79 Å². The zero-order valence-corrected chi connectivity index (χ0v) is 17.9. The van der Waals surface area contributed by atoms with Crippen molar-refractivity contribution in [2.75, 3.05) is 24.5 Å². The summed E-state index contributed by atoms with van der Waals surface area (Å²) in [5, 5.41) is 4.23. The molecule has 4 rings (SSSR count). The van der Waals surface area contributed by atoms with Gasteiger partial charge in [0.05, 0.1) is 10.7 Å². The molecule has 4 nitrogen and oxygen atoms in total. The summed E-state index contributed by atoms with van der Waals surface area (Å²) in [5.74, 6) is -0.0137. The van der Waals surface area contributed by atoms with Crippen molar-refractivity contribution in [2.45, 2.75) is 25.7 Å². The minimum Gasteiger partial charge on any atom is -0.335 e. The van der Waals surface area contributed by atoms with E-state index in [2.05, 4.69) is 54.3 Å². The molecule has 1 amide bonds. The highest BCUT2D eigenvalue weighted by Crippen LogP contribution is 2.49. The van der Waals surface area contributed by atoms with Gasteiger partial charge in [0.15, 0.2) is 5.11 Å². The molecule has 144 valence electrons. The molecule has 2 aromatic rings. The van der Waals surface area contributed by atoms with Crippen LogP contribution >= 0.6 is 24.0 Å². The largest absolute Gasteiger partial charge is 0.335 e. The molecule has 0 bridgehead atoms. The summed E-state index contributed by atoms with van der Waals surface area (Å²) in [6, 6.07) is 12.8. The second-order valence-electron chi connectivity index (χ2n) is 6.61. The topological polar surface area (TPSA) is 26.8 Å². The molecule has 6 heteroatoms. The van der Waals surface area contributed by atoms with E-state index < -0.39 is 0 Å². The van der Waals surface area contributed by atoms with E-state index in [0.29, 0.717) is 23.9 Å². The average Bonchev–Trinajstić information content (AvgIpc) is 3.19. The van der Waals surface area contributed by atoms with Crippen molar-refractivity contribution >= 4 is 51.5 Å². The molecule has 0 N–H and O–H groups in total. The lowest BCUT2D eigenvalue weighted by Gasteiger charge is -2.20. The fourth-order valence-corrected chi connectivity index (χ4v) is 5.38. The first-order valence-electron chi connectivity index (χ1n) is 9.63. The van der Waals surface area contributed by atoms with Crippen molar-refractivity contribution in [3.05, 3.63) is 59.3 Å². The lowest BCUT2D eigenvalue weighted by atomic mass is 10.1. The monoisotopic (exact) mass is 409 g/mol. The minimum atomic E-state index is -0.0137. The minimum absolute atomic E-state index is 0.0137. The van der Waals surface area contributed by atoms with E-state index >= 15 is 0 Å². The summed E-state index contributed by atoms with van der Waals surface area (Å²) >= 11 is 7.22. The number of anilines is 1. The summed E-state index contributed by atoms with van der Waals surface area (Å²) in [6.07, 6.45) is 3.98. The molecule has 0 unspecified atom stereocenters. The number of thiocarbonyl (C=S) groups is 1. The number of carbonyl (C=O) groups excluding carboxylic acids is 1.